The second-order valence-electron chi connectivity index (χ2n) is 4.86. The molecule has 0 aromatic heterocycles. The van der Waals surface area contributed by atoms with Gasteiger partial charge in [0.05, 0.1) is 11.5 Å². The van der Waals surface area contributed by atoms with Gasteiger partial charge in [-0.15, -0.1) is 0 Å². The first-order valence-corrected chi connectivity index (χ1v) is 8.39. The zero-order chi connectivity index (χ0) is 14.9. The van der Waals surface area contributed by atoms with E-state index in [1.807, 2.05) is 24.3 Å². The summed E-state index contributed by atoms with van der Waals surface area (Å²) >= 11 is 5.83. The molecule has 0 fully saturated rings. The summed E-state index contributed by atoms with van der Waals surface area (Å²) in [6.07, 6.45) is 0. The van der Waals surface area contributed by atoms with Crippen molar-refractivity contribution in [3.8, 4) is 5.75 Å². The van der Waals surface area contributed by atoms with Gasteiger partial charge in [-0.2, -0.15) is 0 Å². The summed E-state index contributed by atoms with van der Waals surface area (Å²) in [5, 5.41) is 0.396. The van der Waals surface area contributed by atoms with E-state index in [4.69, 9.17) is 16.3 Å². The molecule has 2 aromatic carbocycles. The van der Waals surface area contributed by atoms with Crippen LogP contribution in [0.2, 0.25) is 5.02 Å². The molecular weight excluding hydrogens is 310 g/mol. The first-order valence-electron chi connectivity index (χ1n) is 6.53. The molecule has 6 heteroatoms. The van der Waals surface area contributed by atoms with Crippen molar-refractivity contribution >= 4 is 21.6 Å². The van der Waals surface area contributed by atoms with Crippen LogP contribution in [0.1, 0.15) is 11.5 Å². The Bertz CT molecular complexity index is 761. The number of ether oxygens (including phenoxy) is 1. The zero-order valence-corrected chi connectivity index (χ0v) is 12.7. The van der Waals surface area contributed by atoms with Crippen molar-refractivity contribution in [3.63, 3.8) is 0 Å². The van der Waals surface area contributed by atoms with E-state index in [0.29, 0.717) is 18.2 Å². The third-order valence-corrected chi connectivity index (χ3v) is 5.08. The van der Waals surface area contributed by atoms with Crippen molar-refractivity contribution < 1.29 is 13.2 Å². The lowest BCUT2D eigenvalue weighted by atomic mass is 10.0. The number of sulfonamides is 1. The van der Waals surface area contributed by atoms with Crippen molar-refractivity contribution in [1.82, 2.24) is 4.72 Å². The second-order valence-corrected chi connectivity index (χ2v) is 7.06. The number of halogens is 1. The lowest BCUT2D eigenvalue weighted by Gasteiger charge is -2.11. The van der Waals surface area contributed by atoms with Crippen LogP contribution in [0.4, 0.5) is 0 Å². The Morgan fingerprint density at radius 3 is 2.81 bits per heavy atom. The van der Waals surface area contributed by atoms with Crippen molar-refractivity contribution in [2.75, 3.05) is 13.2 Å². The molecule has 1 heterocycles. The minimum absolute atomic E-state index is 0.0233. The number of para-hydroxylation sites is 1. The smallest absolute Gasteiger partial charge is 0.240 e. The maximum Gasteiger partial charge on any atom is 0.240 e. The highest BCUT2D eigenvalue weighted by Crippen LogP contribution is 2.33. The summed E-state index contributed by atoms with van der Waals surface area (Å²) in [6.45, 7) is 0.781. The van der Waals surface area contributed by atoms with Gasteiger partial charge in [-0.05, 0) is 24.3 Å². The molecule has 110 valence electrons. The molecule has 1 N–H and O–H groups in total. The SMILES string of the molecule is O=S(=O)(NCC1COc2ccccc21)c1cccc(Cl)c1. The summed E-state index contributed by atoms with van der Waals surface area (Å²) in [4.78, 5) is 0.169. The third-order valence-electron chi connectivity index (χ3n) is 3.42. The van der Waals surface area contributed by atoms with E-state index in [0.717, 1.165) is 11.3 Å². The fraction of sp³-hybridized carbons (Fsp3) is 0.200. The maximum atomic E-state index is 12.2. The Morgan fingerprint density at radius 1 is 1.19 bits per heavy atom. The monoisotopic (exact) mass is 323 g/mol. The van der Waals surface area contributed by atoms with Crippen molar-refractivity contribution in [1.29, 1.82) is 0 Å². The molecule has 0 amide bonds. The summed E-state index contributed by atoms with van der Waals surface area (Å²) in [5.41, 5.74) is 1.03. The van der Waals surface area contributed by atoms with Gasteiger partial charge in [-0.1, -0.05) is 35.9 Å². The molecule has 1 atom stereocenters. The molecule has 3 rings (SSSR count). The predicted molar refractivity (Wildman–Crippen MR) is 81.3 cm³/mol. The number of benzene rings is 2. The number of hydrogen-bond acceptors (Lipinski definition) is 3. The number of nitrogens with one attached hydrogen (secondary N) is 1. The molecule has 0 aliphatic carbocycles. The fourth-order valence-electron chi connectivity index (χ4n) is 2.33. The quantitative estimate of drug-likeness (QED) is 0.941. The first kappa shape index (κ1) is 14.4. The Hall–Kier alpha value is -1.56. The van der Waals surface area contributed by atoms with Crippen LogP contribution < -0.4 is 9.46 Å². The van der Waals surface area contributed by atoms with Gasteiger partial charge >= 0.3 is 0 Å². The Balaban J connectivity index is 1.74. The number of hydrogen-bond donors (Lipinski definition) is 1. The molecule has 0 bridgehead atoms. The van der Waals surface area contributed by atoms with Gasteiger partial charge in [-0.25, -0.2) is 13.1 Å². The molecule has 0 spiro atoms. The van der Waals surface area contributed by atoms with Gasteiger partial charge in [0, 0.05) is 23.0 Å². The van der Waals surface area contributed by atoms with Gasteiger partial charge < -0.3 is 4.74 Å². The van der Waals surface area contributed by atoms with Crippen molar-refractivity contribution in [3.05, 3.63) is 59.1 Å². The summed E-state index contributed by atoms with van der Waals surface area (Å²) < 4.78 is 32.6. The lowest BCUT2D eigenvalue weighted by Crippen LogP contribution is -2.29. The normalized spacial score (nSPS) is 17.3. The minimum atomic E-state index is -3.56. The Morgan fingerprint density at radius 2 is 2.00 bits per heavy atom. The van der Waals surface area contributed by atoms with Gasteiger partial charge in [-0.3, -0.25) is 0 Å². The van der Waals surface area contributed by atoms with Crippen LogP contribution in [0, 0.1) is 0 Å². The van der Waals surface area contributed by atoms with Crippen molar-refractivity contribution in [2.24, 2.45) is 0 Å². The maximum absolute atomic E-state index is 12.2. The molecule has 4 nitrogen and oxygen atoms in total. The van der Waals surface area contributed by atoms with Crippen LogP contribution in [-0.4, -0.2) is 21.6 Å². The topological polar surface area (TPSA) is 55.4 Å². The lowest BCUT2D eigenvalue weighted by molar-refractivity contribution is 0.330. The van der Waals surface area contributed by atoms with E-state index in [9.17, 15) is 8.42 Å². The summed E-state index contributed by atoms with van der Waals surface area (Å²) in [5.74, 6) is 0.847. The van der Waals surface area contributed by atoms with E-state index in [2.05, 4.69) is 4.72 Å². The van der Waals surface area contributed by atoms with E-state index >= 15 is 0 Å². The molecule has 1 aliphatic rings. The zero-order valence-electron chi connectivity index (χ0n) is 11.1. The fourth-order valence-corrected chi connectivity index (χ4v) is 3.71. The molecular formula is C15H14ClNO3S. The molecule has 2 aromatic rings. The largest absolute Gasteiger partial charge is 0.493 e. The van der Waals surface area contributed by atoms with Crippen LogP contribution in [0.3, 0.4) is 0 Å². The van der Waals surface area contributed by atoms with E-state index in [-0.39, 0.29) is 10.8 Å². The van der Waals surface area contributed by atoms with Gasteiger partial charge in [0.25, 0.3) is 0 Å². The van der Waals surface area contributed by atoms with Gasteiger partial charge in [0.2, 0.25) is 10.0 Å². The molecule has 0 saturated carbocycles. The molecule has 0 saturated heterocycles. The van der Waals surface area contributed by atoms with Crippen LogP contribution in [-0.2, 0) is 10.0 Å². The average molecular weight is 324 g/mol. The van der Waals surface area contributed by atoms with Crippen LogP contribution >= 0.6 is 11.6 Å². The number of fused-ring (bicyclic) bond motifs is 1. The molecule has 1 unspecified atom stereocenters. The first-order chi connectivity index (χ1) is 10.1. The highest BCUT2D eigenvalue weighted by atomic mass is 35.5. The molecule has 0 radical (unpaired) electrons. The van der Waals surface area contributed by atoms with Crippen LogP contribution in [0.5, 0.6) is 5.75 Å². The van der Waals surface area contributed by atoms with Crippen LogP contribution in [0.15, 0.2) is 53.4 Å². The Labute approximate surface area is 128 Å². The highest BCUT2D eigenvalue weighted by molar-refractivity contribution is 7.89. The van der Waals surface area contributed by atoms with E-state index in [1.54, 1.807) is 12.1 Å². The molecule has 21 heavy (non-hydrogen) atoms. The van der Waals surface area contributed by atoms with Gasteiger partial charge in [0.15, 0.2) is 0 Å². The number of rotatable bonds is 4. The van der Waals surface area contributed by atoms with Crippen LogP contribution in [0.25, 0.3) is 0 Å². The second kappa shape index (κ2) is 5.67. The summed E-state index contributed by atoms with van der Waals surface area (Å²) in [6, 6.07) is 13.9. The standard InChI is InChI=1S/C15H14ClNO3S/c16-12-4-3-5-13(8-12)21(18,19)17-9-11-10-20-15-7-2-1-6-14(11)15/h1-8,11,17H,9-10H2. The third kappa shape index (κ3) is 3.05. The van der Waals surface area contributed by atoms with E-state index in [1.165, 1.54) is 12.1 Å². The van der Waals surface area contributed by atoms with Crippen molar-refractivity contribution in [2.45, 2.75) is 10.8 Å². The van der Waals surface area contributed by atoms with Gasteiger partial charge in [0.1, 0.15) is 5.75 Å². The Kier molecular flexibility index (Phi) is 3.89. The van der Waals surface area contributed by atoms with E-state index < -0.39 is 10.0 Å². The predicted octanol–water partition coefficient (Wildman–Crippen LogP) is 2.79. The summed E-state index contributed by atoms with van der Waals surface area (Å²) in [7, 11) is -3.56. The minimum Gasteiger partial charge on any atom is -0.493 e. The average Bonchev–Trinajstić information content (AvgIpc) is 2.88. The highest BCUT2D eigenvalue weighted by Gasteiger charge is 2.25. The molecule has 1 aliphatic heterocycles.